The minimum absolute atomic E-state index is 0.344. The first-order chi connectivity index (χ1) is 7.56. The van der Waals surface area contributed by atoms with Gasteiger partial charge in [0.25, 0.3) is 0 Å². The number of aromatic nitrogens is 1. The molecule has 3 heteroatoms. The highest BCUT2D eigenvalue weighted by molar-refractivity contribution is 6.31. The maximum Gasteiger partial charge on any atom is 0.0484 e. The summed E-state index contributed by atoms with van der Waals surface area (Å²) in [6, 6.07) is 6.40. The second-order valence-electron chi connectivity index (χ2n) is 4.24. The van der Waals surface area contributed by atoms with Gasteiger partial charge in [-0.2, -0.15) is 0 Å². The fourth-order valence-corrected chi connectivity index (χ4v) is 2.54. The Labute approximate surface area is 101 Å². The summed E-state index contributed by atoms with van der Waals surface area (Å²) in [5.41, 5.74) is 3.86. The van der Waals surface area contributed by atoms with Crippen molar-refractivity contribution in [3.63, 3.8) is 0 Å². The van der Waals surface area contributed by atoms with Gasteiger partial charge in [0.1, 0.15) is 0 Å². The molecule has 2 rings (SSSR count). The average molecular weight is 237 g/mol. The van der Waals surface area contributed by atoms with E-state index in [2.05, 4.69) is 36.8 Å². The van der Waals surface area contributed by atoms with Gasteiger partial charge >= 0.3 is 0 Å². The third kappa shape index (κ3) is 1.62. The molecule has 2 nitrogen and oxygen atoms in total. The molecule has 86 valence electrons. The van der Waals surface area contributed by atoms with Crippen LogP contribution < -0.4 is 5.32 Å². The molecule has 1 unspecified atom stereocenters. The lowest BCUT2D eigenvalue weighted by atomic mass is 10.1. The van der Waals surface area contributed by atoms with E-state index in [9.17, 15) is 0 Å². The minimum atomic E-state index is 0.344. The maximum absolute atomic E-state index is 6.04. The van der Waals surface area contributed by atoms with Crippen molar-refractivity contribution >= 4 is 22.5 Å². The van der Waals surface area contributed by atoms with Gasteiger partial charge in [-0.05, 0) is 44.7 Å². The Kier molecular flexibility index (Phi) is 2.96. The first-order valence-corrected chi connectivity index (χ1v) is 5.85. The van der Waals surface area contributed by atoms with Crippen LogP contribution in [0.5, 0.6) is 0 Å². The molecule has 1 aromatic carbocycles. The molecule has 1 atom stereocenters. The van der Waals surface area contributed by atoms with Crippen LogP contribution in [0.15, 0.2) is 18.2 Å². The van der Waals surface area contributed by atoms with Crippen molar-refractivity contribution in [3.05, 3.63) is 34.5 Å². The molecule has 0 aliphatic heterocycles. The van der Waals surface area contributed by atoms with E-state index in [0.29, 0.717) is 6.04 Å². The van der Waals surface area contributed by atoms with Gasteiger partial charge in [-0.25, -0.2) is 0 Å². The van der Waals surface area contributed by atoms with Crippen LogP contribution >= 0.6 is 11.6 Å². The van der Waals surface area contributed by atoms with Gasteiger partial charge < -0.3 is 9.88 Å². The van der Waals surface area contributed by atoms with Crippen LogP contribution in [0.3, 0.4) is 0 Å². The Morgan fingerprint density at radius 2 is 2.06 bits per heavy atom. The summed E-state index contributed by atoms with van der Waals surface area (Å²) in [5.74, 6) is 0. The smallest absolute Gasteiger partial charge is 0.0484 e. The second kappa shape index (κ2) is 4.11. The van der Waals surface area contributed by atoms with Gasteiger partial charge in [0.15, 0.2) is 0 Å². The van der Waals surface area contributed by atoms with E-state index >= 15 is 0 Å². The van der Waals surface area contributed by atoms with Crippen molar-refractivity contribution < 1.29 is 0 Å². The average Bonchev–Trinajstić information content (AvgIpc) is 2.51. The number of halogens is 1. The fraction of sp³-hybridized carbons (Fsp3) is 0.385. The fourth-order valence-electron chi connectivity index (χ4n) is 2.37. The zero-order valence-corrected chi connectivity index (χ0v) is 10.9. The Balaban J connectivity index is 2.76. The van der Waals surface area contributed by atoms with Crippen LogP contribution in [-0.4, -0.2) is 11.6 Å². The number of fused-ring (bicyclic) bond motifs is 1. The third-order valence-corrected chi connectivity index (χ3v) is 3.55. The van der Waals surface area contributed by atoms with Crippen LogP contribution in [0, 0.1) is 6.92 Å². The molecule has 0 aliphatic rings. The lowest BCUT2D eigenvalue weighted by Crippen LogP contribution is -2.16. The largest absolute Gasteiger partial charge is 0.346 e. The summed E-state index contributed by atoms with van der Waals surface area (Å²) in [5, 5.41) is 5.32. The molecule has 1 N–H and O–H groups in total. The monoisotopic (exact) mass is 236 g/mol. The molecule has 1 aromatic heterocycles. The molecular formula is C13H17ClN2. The quantitative estimate of drug-likeness (QED) is 0.846. The summed E-state index contributed by atoms with van der Waals surface area (Å²) in [4.78, 5) is 0. The number of hydrogen-bond donors (Lipinski definition) is 1. The standard InChI is InChI=1S/C13H17ClN2/c1-8-11-7-10(14)5-6-12(11)16(4)13(8)9(2)15-3/h5-7,9,15H,1-4H3. The first kappa shape index (κ1) is 11.5. The summed E-state index contributed by atoms with van der Waals surface area (Å²) in [7, 11) is 4.08. The predicted molar refractivity (Wildman–Crippen MR) is 70.1 cm³/mol. The van der Waals surface area contributed by atoms with Gasteiger partial charge in [-0.1, -0.05) is 11.6 Å². The zero-order valence-electron chi connectivity index (χ0n) is 10.1. The molecule has 0 amide bonds. The van der Waals surface area contributed by atoms with Gasteiger partial charge in [-0.3, -0.25) is 0 Å². The Hall–Kier alpha value is -0.990. The number of aryl methyl sites for hydroxylation is 2. The summed E-state index contributed by atoms with van der Waals surface area (Å²) in [6.45, 7) is 4.32. The van der Waals surface area contributed by atoms with E-state index in [4.69, 9.17) is 11.6 Å². The number of rotatable bonds is 2. The van der Waals surface area contributed by atoms with Crippen LogP contribution in [0.4, 0.5) is 0 Å². The number of nitrogens with zero attached hydrogens (tertiary/aromatic N) is 1. The molecule has 0 radical (unpaired) electrons. The Morgan fingerprint density at radius 3 is 2.69 bits per heavy atom. The van der Waals surface area contributed by atoms with Crippen molar-refractivity contribution in [2.45, 2.75) is 19.9 Å². The molecular weight excluding hydrogens is 220 g/mol. The van der Waals surface area contributed by atoms with Crippen molar-refractivity contribution in [3.8, 4) is 0 Å². The highest BCUT2D eigenvalue weighted by Gasteiger charge is 2.15. The number of nitrogens with one attached hydrogen (secondary N) is 1. The summed E-state index contributed by atoms with van der Waals surface area (Å²) in [6.07, 6.45) is 0. The lowest BCUT2D eigenvalue weighted by molar-refractivity contribution is 0.606. The number of hydrogen-bond acceptors (Lipinski definition) is 1. The molecule has 2 aromatic rings. The van der Waals surface area contributed by atoms with Crippen LogP contribution in [0.1, 0.15) is 24.2 Å². The van der Waals surface area contributed by atoms with Crippen LogP contribution in [0.25, 0.3) is 10.9 Å². The zero-order chi connectivity index (χ0) is 11.9. The van der Waals surface area contributed by atoms with Crippen molar-refractivity contribution in [1.29, 1.82) is 0 Å². The van der Waals surface area contributed by atoms with E-state index in [1.165, 1.54) is 22.2 Å². The predicted octanol–water partition coefficient (Wildman–Crippen LogP) is 3.42. The van der Waals surface area contributed by atoms with E-state index in [1.54, 1.807) is 0 Å². The molecule has 0 bridgehead atoms. The highest BCUT2D eigenvalue weighted by atomic mass is 35.5. The maximum atomic E-state index is 6.04. The SMILES string of the molecule is CNC(C)c1c(C)c2cc(Cl)ccc2n1C. The van der Waals surface area contributed by atoms with Crippen molar-refractivity contribution in [2.75, 3.05) is 7.05 Å². The number of benzene rings is 1. The Bertz CT molecular complexity index is 528. The van der Waals surface area contributed by atoms with E-state index < -0.39 is 0 Å². The summed E-state index contributed by atoms with van der Waals surface area (Å²) >= 11 is 6.04. The summed E-state index contributed by atoms with van der Waals surface area (Å²) < 4.78 is 2.24. The van der Waals surface area contributed by atoms with Crippen LogP contribution in [0.2, 0.25) is 5.02 Å². The van der Waals surface area contributed by atoms with Crippen molar-refractivity contribution in [2.24, 2.45) is 7.05 Å². The normalized spacial score (nSPS) is 13.3. The van der Waals surface area contributed by atoms with Gasteiger partial charge in [0, 0.05) is 34.7 Å². The first-order valence-electron chi connectivity index (χ1n) is 5.48. The topological polar surface area (TPSA) is 17.0 Å². The molecule has 0 saturated carbocycles. The highest BCUT2D eigenvalue weighted by Crippen LogP contribution is 2.30. The second-order valence-corrected chi connectivity index (χ2v) is 4.68. The van der Waals surface area contributed by atoms with E-state index in [-0.39, 0.29) is 0 Å². The Morgan fingerprint density at radius 1 is 1.38 bits per heavy atom. The van der Waals surface area contributed by atoms with E-state index in [0.717, 1.165) is 5.02 Å². The molecule has 0 aliphatic carbocycles. The third-order valence-electron chi connectivity index (χ3n) is 3.31. The van der Waals surface area contributed by atoms with Crippen LogP contribution in [-0.2, 0) is 7.05 Å². The van der Waals surface area contributed by atoms with Gasteiger partial charge in [-0.15, -0.1) is 0 Å². The molecule has 16 heavy (non-hydrogen) atoms. The van der Waals surface area contributed by atoms with E-state index in [1.807, 2.05) is 19.2 Å². The minimum Gasteiger partial charge on any atom is -0.346 e. The van der Waals surface area contributed by atoms with Gasteiger partial charge in [0.05, 0.1) is 0 Å². The van der Waals surface area contributed by atoms with Gasteiger partial charge in [0.2, 0.25) is 0 Å². The lowest BCUT2D eigenvalue weighted by Gasteiger charge is -2.13. The molecule has 0 fully saturated rings. The molecule has 0 saturated heterocycles. The molecule has 0 spiro atoms. The molecule has 1 heterocycles. The van der Waals surface area contributed by atoms with Crippen molar-refractivity contribution in [1.82, 2.24) is 9.88 Å².